The van der Waals surface area contributed by atoms with E-state index in [9.17, 15) is 5.11 Å². The number of aliphatic hydroxyl groups excluding tert-OH is 1. The summed E-state index contributed by atoms with van der Waals surface area (Å²) in [5, 5.41) is 10.6. The van der Waals surface area contributed by atoms with Gasteiger partial charge < -0.3 is 14.4 Å². The van der Waals surface area contributed by atoms with Gasteiger partial charge in [-0.25, -0.2) is 0 Å². The number of halogens is 1. The molecule has 0 bridgehead atoms. The second-order valence-electron chi connectivity index (χ2n) is 4.87. The minimum atomic E-state index is 0.0213. The minimum Gasteiger partial charge on any atom is -0.396 e. The number of fused-ring (bicyclic) bond motifs is 3. The van der Waals surface area contributed by atoms with E-state index in [2.05, 4.69) is 45.6 Å². The predicted molar refractivity (Wildman–Crippen MR) is 79.4 cm³/mol. The lowest BCUT2D eigenvalue weighted by Crippen LogP contribution is -2.20. The second-order valence-corrected chi connectivity index (χ2v) is 5.72. The average molecular weight is 324 g/mol. The molecular formula is C15H18BrNO2. The van der Waals surface area contributed by atoms with Crippen LogP contribution in [0.15, 0.2) is 22.7 Å². The predicted octanol–water partition coefficient (Wildman–Crippen LogP) is 3.42. The zero-order valence-electron chi connectivity index (χ0n) is 11.0. The van der Waals surface area contributed by atoms with E-state index in [1.165, 1.54) is 22.2 Å². The van der Waals surface area contributed by atoms with Gasteiger partial charge in [0.1, 0.15) is 0 Å². The molecule has 0 saturated heterocycles. The fraction of sp³-hybridized carbons (Fsp3) is 0.467. The Morgan fingerprint density at radius 2 is 2.32 bits per heavy atom. The number of rotatable bonds is 3. The van der Waals surface area contributed by atoms with Crippen molar-refractivity contribution in [2.45, 2.75) is 32.4 Å². The van der Waals surface area contributed by atoms with E-state index in [1.54, 1.807) is 0 Å². The lowest BCUT2D eigenvalue weighted by atomic mass is 10.0. The Labute approximate surface area is 121 Å². The number of ether oxygens (including phenoxy) is 1. The van der Waals surface area contributed by atoms with Crippen molar-refractivity contribution < 1.29 is 9.84 Å². The molecule has 1 aromatic carbocycles. The molecular weight excluding hydrogens is 306 g/mol. The second kappa shape index (κ2) is 5.27. The number of para-hydroxylation sites is 1. The van der Waals surface area contributed by atoms with Crippen molar-refractivity contribution in [2.24, 2.45) is 0 Å². The Bertz CT molecular complexity index is 606. The smallest absolute Gasteiger partial charge is 0.0999 e. The summed E-state index contributed by atoms with van der Waals surface area (Å²) in [4.78, 5) is 0. The molecule has 0 fully saturated rings. The molecule has 3 nitrogen and oxygen atoms in total. The maximum absolute atomic E-state index is 9.24. The molecule has 1 aliphatic rings. The maximum Gasteiger partial charge on any atom is 0.0999 e. The van der Waals surface area contributed by atoms with Crippen LogP contribution in [0.5, 0.6) is 0 Å². The highest BCUT2D eigenvalue weighted by molar-refractivity contribution is 9.10. The van der Waals surface area contributed by atoms with Gasteiger partial charge in [0, 0.05) is 29.4 Å². The number of hydrogen-bond donors (Lipinski definition) is 1. The first-order chi connectivity index (χ1) is 9.27. The van der Waals surface area contributed by atoms with E-state index in [0.717, 1.165) is 24.0 Å². The van der Waals surface area contributed by atoms with Crippen LogP contribution >= 0.6 is 15.9 Å². The standard InChI is InChI=1S/C15H18BrNO2/c1-2-17-14-10(4-3-5-12(14)16)11-7-9-19-13(6-8-18)15(11)17/h3-5,13,18H,2,6-9H2,1H3. The van der Waals surface area contributed by atoms with Gasteiger partial charge in [-0.2, -0.15) is 0 Å². The van der Waals surface area contributed by atoms with E-state index in [4.69, 9.17) is 4.74 Å². The molecule has 102 valence electrons. The molecule has 1 N–H and O–H groups in total. The zero-order chi connectivity index (χ0) is 13.4. The van der Waals surface area contributed by atoms with Gasteiger partial charge in [-0.15, -0.1) is 0 Å². The van der Waals surface area contributed by atoms with Crippen LogP contribution in [0.2, 0.25) is 0 Å². The van der Waals surface area contributed by atoms with Crippen LogP contribution in [-0.4, -0.2) is 22.9 Å². The molecule has 0 saturated carbocycles. The molecule has 1 unspecified atom stereocenters. The van der Waals surface area contributed by atoms with E-state index < -0.39 is 0 Å². The van der Waals surface area contributed by atoms with Crippen molar-refractivity contribution in [1.82, 2.24) is 4.57 Å². The quantitative estimate of drug-likeness (QED) is 0.939. The summed E-state index contributed by atoms with van der Waals surface area (Å²) in [7, 11) is 0. The Balaban J connectivity index is 2.29. The van der Waals surface area contributed by atoms with Gasteiger partial charge in [-0.1, -0.05) is 12.1 Å². The van der Waals surface area contributed by atoms with Crippen molar-refractivity contribution in [3.63, 3.8) is 0 Å². The summed E-state index contributed by atoms with van der Waals surface area (Å²) < 4.78 is 9.32. The summed E-state index contributed by atoms with van der Waals surface area (Å²) in [6, 6.07) is 6.36. The van der Waals surface area contributed by atoms with Crippen LogP contribution in [0.3, 0.4) is 0 Å². The molecule has 1 aromatic heterocycles. The Hall–Kier alpha value is -0.840. The number of aromatic nitrogens is 1. The highest BCUT2D eigenvalue weighted by Crippen LogP contribution is 2.39. The van der Waals surface area contributed by atoms with Gasteiger partial charge in [0.2, 0.25) is 0 Å². The van der Waals surface area contributed by atoms with Crippen molar-refractivity contribution in [3.05, 3.63) is 33.9 Å². The van der Waals surface area contributed by atoms with E-state index in [0.29, 0.717) is 6.42 Å². The van der Waals surface area contributed by atoms with Gasteiger partial charge in [0.25, 0.3) is 0 Å². The molecule has 2 heterocycles. The van der Waals surface area contributed by atoms with Crippen LogP contribution in [0.1, 0.15) is 30.7 Å². The monoisotopic (exact) mass is 323 g/mol. The fourth-order valence-electron chi connectivity index (χ4n) is 3.13. The first-order valence-electron chi connectivity index (χ1n) is 6.79. The van der Waals surface area contributed by atoms with Gasteiger partial charge in [0.15, 0.2) is 0 Å². The van der Waals surface area contributed by atoms with Crippen molar-refractivity contribution in [2.75, 3.05) is 13.2 Å². The molecule has 0 aliphatic carbocycles. The van der Waals surface area contributed by atoms with E-state index >= 15 is 0 Å². The molecule has 0 amide bonds. The third kappa shape index (κ3) is 2.02. The number of benzene rings is 1. The Morgan fingerprint density at radius 3 is 3.05 bits per heavy atom. The molecule has 0 radical (unpaired) electrons. The Kier molecular flexibility index (Phi) is 3.65. The van der Waals surface area contributed by atoms with Crippen molar-refractivity contribution in [1.29, 1.82) is 0 Å². The number of aryl methyl sites for hydroxylation is 1. The largest absolute Gasteiger partial charge is 0.396 e. The lowest BCUT2D eigenvalue weighted by molar-refractivity contribution is 0.0206. The average Bonchev–Trinajstić information content (AvgIpc) is 2.76. The van der Waals surface area contributed by atoms with E-state index in [-0.39, 0.29) is 12.7 Å². The summed E-state index contributed by atoms with van der Waals surface area (Å²) >= 11 is 3.66. The van der Waals surface area contributed by atoms with Gasteiger partial charge in [-0.05, 0) is 40.9 Å². The molecule has 2 aromatic rings. The summed E-state index contributed by atoms with van der Waals surface area (Å²) in [6.07, 6.45) is 1.64. The first-order valence-corrected chi connectivity index (χ1v) is 7.59. The zero-order valence-corrected chi connectivity index (χ0v) is 12.6. The third-order valence-electron chi connectivity index (χ3n) is 3.87. The summed E-state index contributed by atoms with van der Waals surface area (Å²) in [5.41, 5.74) is 3.90. The van der Waals surface area contributed by atoms with Crippen LogP contribution in [0, 0.1) is 0 Å². The highest BCUT2D eigenvalue weighted by atomic mass is 79.9. The number of aliphatic hydroxyl groups is 1. The molecule has 0 spiro atoms. The van der Waals surface area contributed by atoms with Crippen molar-refractivity contribution in [3.8, 4) is 0 Å². The lowest BCUT2D eigenvalue weighted by Gasteiger charge is -2.25. The summed E-state index contributed by atoms with van der Waals surface area (Å²) in [5.74, 6) is 0. The minimum absolute atomic E-state index is 0.0213. The SMILES string of the molecule is CCn1c2c(c3cccc(Br)c31)CCOC2CCO. The van der Waals surface area contributed by atoms with Crippen LogP contribution in [0.25, 0.3) is 10.9 Å². The fourth-order valence-corrected chi connectivity index (χ4v) is 3.71. The maximum atomic E-state index is 9.24. The van der Waals surface area contributed by atoms with Gasteiger partial charge in [0.05, 0.1) is 23.9 Å². The molecule has 19 heavy (non-hydrogen) atoms. The molecule has 3 rings (SSSR count). The third-order valence-corrected chi connectivity index (χ3v) is 4.51. The first kappa shape index (κ1) is 13.2. The van der Waals surface area contributed by atoms with Crippen LogP contribution < -0.4 is 0 Å². The van der Waals surface area contributed by atoms with Gasteiger partial charge in [-0.3, -0.25) is 0 Å². The van der Waals surface area contributed by atoms with Gasteiger partial charge >= 0.3 is 0 Å². The molecule has 4 heteroatoms. The number of nitrogens with zero attached hydrogens (tertiary/aromatic N) is 1. The highest BCUT2D eigenvalue weighted by Gasteiger charge is 2.28. The summed E-state index contributed by atoms with van der Waals surface area (Å²) in [6.45, 7) is 3.98. The van der Waals surface area contributed by atoms with Crippen LogP contribution in [-0.2, 0) is 17.7 Å². The topological polar surface area (TPSA) is 34.4 Å². The number of hydrogen-bond acceptors (Lipinski definition) is 2. The molecule has 1 atom stereocenters. The van der Waals surface area contributed by atoms with Crippen LogP contribution in [0.4, 0.5) is 0 Å². The normalized spacial score (nSPS) is 18.8. The Morgan fingerprint density at radius 1 is 1.47 bits per heavy atom. The van der Waals surface area contributed by atoms with Crippen molar-refractivity contribution >= 4 is 26.8 Å². The molecule has 1 aliphatic heterocycles. The van der Waals surface area contributed by atoms with E-state index in [1.807, 2.05) is 0 Å².